The molecule has 0 fully saturated rings. The Kier molecular flexibility index (Phi) is 2.83. The number of hydrogen-bond acceptors (Lipinski definition) is 2. The van der Waals surface area contributed by atoms with Gasteiger partial charge in [0.1, 0.15) is 12.2 Å². The van der Waals surface area contributed by atoms with E-state index in [-0.39, 0.29) is 0 Å². The third-order valence-corrected chi connectivity index (χ3v) is 3.97. The molecular weight excluding hydrogens is 271 g/mol. The minimum Gasteiger partial charge on any atom is -0.384 e. The molecule has 0 saturated heterocycles. The number of aliphatic hydroxyl groups excluding tert-OH is 2. The molecule has 0 saturated carbocycles. The van der Waals surface area contributed by atoms with E-state index in [1.165, 1.54) is 0 Å². The molecule has 0 bridgehead atoms. The minimum absolute atomic E-state index is 0.449. The quantitative estimate of drug-likeness (QED) is 0.776. The maximum absolute atomic E-state index is 10.4. The van der Waals surface area contributed by atoms with Gasteiger partial charge in [0.2, 0.25) is 0 Å². The zero-order valence-corrected chi connectivity index (χ0v) is 10.8. The maximum atomic E-state index is 10.4. The Morgan fingerprint density at radius 1 is 0.722 bits per heavy atom. The monoisotopic (exact) mass is 280 g/mol. The topological polar surface area (TPSA) is 40.5 Å². The molecule has 0 amide bonds. The molecule has 92 valence electrons. The van der Waals surface area contributed by atoms with E-state index in [2.05, 4.69) is 0 Å². The number of aliphatic hydroxyl groups is 2. The normalized spacial score (nSPS) is 21.3. The first kappa shape index (κ1) is 12.0. The molecule has 1 aliphatic rings. The number of rotatable bonds is 0. The number of fused-ring (bicyclic) bond motifs is 2. The average Bonchev–Trinajstić information content (AvgIpc) is 2.35. The van der Waals surface area contributed by atoms with Gasteiger partial charge in [0, 0.05) is 21.2 Å². The third kappa shape index (κ3) is 1.57. The average molecular weight is 281 g/mol. The molecule has 0 spiro atoms. The van der Waals surface area contributed by atoms with E-state index in [1.807, 2.05) is 0 Å². The number of benzene rings is 2. The van der Waals surface area contributed by atoms with E-state index in [0.29, 0.717) is 32.3 Å². The van der Waals surface area contributed by atoms with Crippen LogP contribution in [0.2, 0.25) is 10.0 Å². The first-order valence-electron chi connectivity index (χ1n) is 5.54. The standard InChI is InChI=1S/C14H10Cl2O2/c15-9-5-1-3-7-11(9)14(18)8-4-2-6-10(16)12(8)13(7)17/h1-6,13-14,17-18H. The summed E-state index contributed by atoms with van der Waals surface area (Å²) in [7, 11) is 0. The van der Waals surface area contributed by atoms with Crippen molar-refractivity contribution in [2.75, 3.05) is 0 Å². The molecule has 4 heteroatoms. The van der Waals surface area contributed by atoms with Crippen LogP contribution in [-0.4, -0.2) is 10.2 Å². The van der Waals surface area contributed by atoms with Gasteiger partial charge >= 0.3 is 0 Å². The molecule has 18 heavy (non-hydrogen) atoms. The largest absolute Gasteiger partial charge is 0.384 e. The summed E-state index contributed by atoms with van der Waals surface area (Å²) in [4.78, 5) is 0. The Morgan fingerprint density at radius 2 is 1.11 bits per heavy atom. The fourth-order valence-electron chi connectivity index (χ4n) is 2.47. The summed E-state index contributed by atoms with van der Waals surface area (Å²) in [6, 6.07) is 10.4. The first-order valence-corrected chi connectivity index (χ1v) is 6.29. The maximum Gasteiger partial charge on any atom is 0.106 e. The second-order valence-corrected chi connectivity index (χ2v) is 5.10. The smallest absolute Gasteiger partial charge is 0.106 e. The number of hydrogen-bond donors (Lipinski definition) is 2. The summed E-state index contributed by atoms with van der Waals surface area (Å²) in [6.45, 7) is 0. The molecule has 1 aliphatic carbocycles. The van der Waals surface area contributed by atoms with Gasteiger partial charge in [-0.25, -0.2) is 0 Å². The van der Waals surface area contributed by atoms with Crippen molar-refractivity contribution in [3.8, 4) is 0 Å². The highest BCUT2D eigenvalue weighted by Crippen LogP contribution is 2.45. The van der Waals surface area contributed by atoms with Gasteiger partial charge in [0.15, 0.2) is 0 Å². The zero-order valence-electron chi connectivity index (χ0n) is 9.27. The summed E-state index contributed by atoms with van der Waals surface area (Å²) in [5.41, 5.74) is 2.33. The fourth-order valence-corrected chi connectivity index (χ4v) is 3.04. The van der Waals surface area contributed by atoms with Crippen LogP contribution in [0.25, 0.3) is 0 Å². The van der Waals surface area contributed by atoms with Crippen LogP contribution in [0.5, 0.6) is 0 Å². The van der Waals surface area contributed by atoms with Gasteiger partial charge < -0.3 is 10.2 Å². The van der Waals surface area contributed by atoms with E-state index in [9.17, 15) is 10.2 Å². The van der Waals surface area contributed by atoms with Crippen molar-refractivity contribution in [1.29, 1.82) is 0 Å². The molecule has 2 aromatic rings. The SMILES string of the molecule is OC1c2cccc(Cl)c2C(O)c2cccc(Cl)c21. The van der Waals surface area contributed by atoms with Crippen molar-refractivity contribution in [1.82, 2.24) is 0 Å². The molecule has 2 aromatic carbocycles. The van der Waals surface area contributed by atoms with Gasteiger partial charge in [-0.1, -0.05) is 47.5 Å². The summed E-state index contributed by atoms with van der Waals surface area (Å²) >= 11 is 12.2. The molecular formula is C14H10Cl2O2. The highest BCUT2D eigenvalue weighted by atomic mass is 35.5. The lowest BCUT2D eigenvalue weighted by Crippen LogP contribution is -2.18. The van der Waals surface area contributed by atoms with Gasteiger partial charge in [-0.05, 0) is 23.3 Å². The molecule has 2 atom stereocenters. The predicted octanol–water partition coefficient (Wildman–Crippen LogP) is 3.47. The molecule has 2 unspecified atom stereocenters. The minimum atomic E-state index is -0.856. The van der Waals surface area contributed by atoms with Gasteiger partial charge in [-0.3, -0.25) is 0 Å². The summed E-state index contributed by atoms with van der Waals surface area (Å²) < 4.78 is 0. The van der Waals surface area contributed by atoms with E-state index < -0.39 is 12.2 Å². The highest BCUT2D eigenvalue weighted by molar-refractivity contribution is 6.32. The Balaban J connectivity index is 2.32. The van der Waals surface area contributed by atoms with Crippen LogP contribution in [0.4, 0.5) is 0 Å². The lowest BCUT2D eigenvalue weighted by molar-refractivity contribution is 0.173. The van der Waals surface area contributed by atoms with Crippen LogP contribution in [0.15, 0.2) is 36.4 Å². The fraction of sp³-hybridized carbons (Fsp3) is 0.143. The van der Waals surface area contributed by atoms with Gasteiger partial charge in [0.05, 0.1) is 0 Å². The van der Waals surface area contributed by atoms with Crippen molar-refractivity contribution in [2.45, 2.75) is 12.2 Å². The van der Waals surface area contributed by atoms with Crippen LogP contribution in [-0.2, 0) is 0 Å². The molecule has 0 radical (unpaired) electrons. The Morgan fingerprint density at radius 3 is 1.50 bits per heavy atom. The van der Waals surface area contributed by atoms with Crippen molar-refractivity contribution < 1.29 is 10.2 Å². The van der Waals surface area contributed by atoms with E-state index >= 15 is 0 Å². The Labute approximate surface area is 114 Å². The van der Waals surface area contributed by atoms with Crippen molar-refractivity contribution in [2.24, 2.45) is 0 Å². The van der Waals surface area contributed by atoms with Gasteiger partial charge in [0.25, 0.3) is 0 Å². The predicted molar refractivity (Wildman–Crippen MR) is 71.0 cm³/mol. The van der Waals surface area contributed by atoms with Gasteiger partial charge in [-0.15, -0.1) is 0 Å². The summed E-state index contributed by atoms with van der Waals surface area (Å²) in [5.74, 6) is 0. The van der Waals surface area contributed by atoms with Crippen molar-refractivity contribution in [3.63, 3.8) is 0 Å². The zero-order chi connectivity index (χ0) is 12.9. The highest BCUT2D eigenvalue weighted by Gasteiger charge is 2.32. The van der Waals surface area contributed by atoms with E-state index in [1.54, 1.807) is 36.4 Å². The third-order valence-electron chi connectivity index (χ3n) is 3.31. The summed E-state index contributed by atoms with van der Waals surface area (Å²) in [6.07, 6.45) is -1.71. The second-order valence-electron chi connectivity index (χ2n) is 4.29. The van der Waals surface area contributed by atoms with Gasteiger partial charge in [-0.2, -0.15) is 0 Å². The molecule has 2 nitrogen and oxygen atoms in total. The summed E-state index contributed by atoms with van der Waals surface area (Å²) in [5, 5.41) is 21.7. The van der Waals surface area contributed by atoms with E-state index in [4.69, 9.17) is 23.2 Å². The second kappa shape index (κ2) is 4.25. The molecule has 3 rings (SSSR count). The van der Waals surface area contributed by atoms with E-state index in [0.717, 1.165) is 0 Å². The van der Waals surface area contributed by atoms with Crippen LogP contribution in [0.3, 0.4) is 0 Å². The van der Waals surface area contributed by atoms with Crippen LogP contribution in [0.1, 0.15) is 34.5 Å². The lowest BCUT2D eigenvalue weighted by atomic mass is 9.82. The molecule has 2 N–H and O–H groups in total. The Bertz CT molecular complexity index is 570. The van der Waals surface area contributed by atoms with Crippen LogP contribution >= 0.6 is 23.2 Å². The molecule has 0 aromatic heterocycles. The van der Waals surface area contributed by atoms with Crippen molar-refractivity contribution >= 4 is 23.2 Å². The lowest BCUT2D eigenvalue weighted by Gasteiger charge is -2.30. The van der Waals surface area contributed by atoms with Crippen LogP contribution in [0, 0.1) is 0 Å². The molecule has 0 aliphatic heterocycles. The number of halogens is 2. The first-order chi connectivity index (χ1) is 8.61. The Hall–Kier alpha value is -1.06. The van der Waals surface area contributed by atoms with Crippen molar-refractivity contribution in [3.05, 3.63) is 68.7 Å². The van der Waals surface area contributed by atoms with Crippen LogP contribution < -0.4 is 0 Å². The molecule has 0 heterocycles.